The fourth-order valence-electron chi connectivity index (χ4n) is 4.11. The van der Waals surface area contributed by atoms with Gasteiger partial charge < -0.3 is 11.1 Å². The van der Waals surface area contributed by atoms with Crippen LogP contribution < -0.4 is 5.73 Å². The first-order valence-corrected chi connectivity index (χ1v) is 9.09. The highest BCUT2D eigenvalue weighted by molar-refractivity contribution is 6.13. The van der Waals surface area contributed by atoms with Gasteiger partial charge in [-0.2, -0.15) is 18.3 Å². The predicted molar refractivity (Wildman–Crippen MR) is 103 cm³/mol. The molecular formula is C20H20F3N5. The molecule has 3 aromatic rings. The van der Waals surface area contributed by atoms with E-state index in [0.29, 0.717) is 18.2 Å². The Morgan fingerprint density at radius 1 is 1.14 bits per heavy atom. The van der Waals surface area contributed by atoms with E-state index < -0.39 is 11.9 Å². The highest BCUT2D eigenvalue weighted by atomic mass is 19.4. The molecule has 0 spiro atoms. The Kier molecular flexibility index (Phi) is 4.17. The van der Waals surface area contributed by atoms with E-state index in [9.17, 15) is 13.2 Å². The van der Waals surface area contributed by atoms with E-state index in [1.165, 1.54) is 0 Å². The second-order valence-corrected chi connectivity index (χ2v) is 7.16. The molecule has 0 atom stereocenters. The number of benzene rings is 1. The number of hydrogen-bond acceptors (Lipinski definition) is 4. The van der Waals surface area contributed by atoms with Crippen LogP contribution in [0.2, 0.25) is 0 Å². The maximum Gasteiger partial charge on any atom is 0.431 e. The Balaban J connectivity index is 2.15. The minimum Gasteiger partial charge on any atom is -0.394 e. The Morgan fingerprint density at radius 3 is 2.43 bits per heavy atom. The maximum atomic E-state index is 13.3. The van der Waals surface area contributed by atoms with Crippen LogP contribution in [0, 0.1) is 12.3 Å². The Bertz CT molecular complexity index is 1150. The molecule has 0 unspecified atom stereocenters. The average Bonchev–Trinajstić information content (AvgIpc) is 2.95. The van der Waals surface area contributed by atoms with Crippen molar-refractivity contribution in [1.29, 1.82) is 5.41 Å². The number of nitrogens with one attached hydrogen (secondary N) is 1. The number of allylic oxidation sites excluding steroid dienone is 2. The van der Waals surface area contributed by atoms with Gasteiger partial charge in [0.1, 0.15) is 5.70 Å². The fraction of sp³-hybridized carbons (Fsp3) is 0.350. The second kappa shape index (κ2) is 6.32. The Labute approximate surface area is 159 Å². The summed E-state index contributed by atoms with van der Waals surface area (Å²) in [6.45, 7) is 1.97. The van der Waals surface area contributed by atoms with Crippen molar-refractivity contribution in [3.05, 3.63) is 40.3 Å². The van der Waals surface area contributed by atoms with Crippen molar-refractivity contribution in [3.8, 4) is 0 Å². The number of alkyl halides is 3. The number of halogens is 3. The zero-order valence-corrected chi connectivity index (χ0v) is 15.6. The molecule has 28 heavy (non-hydrogen) atoms. The van der Waals surface area contributed by atoms with Crippen LogP contribution in [0.5, 0.6) is 0 Å². The lowest BCUT2D eigenvalue weighted by molar-refractivity contribution is -0.0919. The van der Waals surface area contributed by atoms with Crippen LogP contribution in [-0.4, -0.2) is 27.2 Å². The zero-order chi connectivity index (χ0) is 20.2. The third-order valence-electron chi connectivity index (χ3n) is 5.55. The van der Waals surface area contributed by atoms with Crippen molar-refractivity contribution in [1.82, 2.24) is 14.8 Å². The third-order valence-corrected chi connectivity index (χ3v) is 5.55. The van der Waals surface area contributed by atoms with Crippen molar-refractivity contribution in [3.63, 3.8) is 0 Å². The van der Waals surface area contributed by atoms with E-state index in [-0.39, 0.29) is 11.3 Å². The van der Waals surface area contributed by atoms with Crippen LogP contribution in [0.1, 0.15) is 35.4 Å². The van der Waals surface area contributed by atoms with Crippen LogP contribution in [0.3, 0.4) is 0 Å². The predicted octanol–water partition coefficient (Wildman–Crippen LogP) is 4.19. The molecular weight excluding hydrogens is 367 g/mol. The molecule has 0 radical (unpaired) electrons. The first-order valence-electron chi connectivity index (χ1n) is 9.09. The number of fused-ring (bicyclic) bond motifs is 5. The van der Waals surface area contributed by atoms with Gasteiger partial charge in [0.2, 0.25) is 0 Å². The van der Waals surface area contributed by atoms with Gasteiger partial charge in [-0.05, 0) is 55.9 Å². The first kappa shape index (κ1) is 18.5. The van der Waals surface area contributed by atoms with Crippen molar-refractivity contribution in [2.75, 3.05) is 0 Å². The molecule has 146 valence electrons. The molecule has 8 heteroatoms. The topological polar surface area (TPSA) is 80.6 Å². The largest absolute Gasteiger partial charge is 0.431 e. The molecule has 2 heterocycles. The van der Waals surface area contributed by atoms with Gasteiger partial charge >= 0.3 is 6.18 Å². The van der Waals surface area contributed by atoms with E-state index in [0.717, 1.165) is 52.4 Å². The minimum atomic E-state index is -4.71. The molecule has 0 amide bonds. The highest BCUT2D eigenvalue weighted by Crippen LogP contribution is 2.38. The third kappa shape index (κ3) is 2.66. The molecule has 0 saturated carbocycles. The summed E-state index contributed by atoms with van der Waals surface area (Å²) in [5.74, 6) is 0. The molecule has 0 aliphatic heterocycles. The number of rotatable bonds is 2. The Hall–Kier alpha value is -2.90. The van der Waals surface area contributed by atoms with Gasteiger partial charge in [0.05, 0.1) is 16.7 Å². The monoisotopic (exact) mass is 387 g/mol. The number of hydrogen-bond donors (Lipinski definition) is 2. The van der Waals surface area contributed by atoms with E-state index in [1.807, 2.05) is 20.0 Å². The second-order valence-electron chi connectivity index (χ2n) is 7.16. The maximum absolute atomic E-state index is 13.3. The van der Waals surface area contributed by atoms with E-state index in [4.69, 9.17) is 11.1 Å². The molecule has 0 fully saturated rings. The summed E-state index contributed by atoms with van der Waals surface area (Å²) in [5.41, 5.74) is 8.11. The zero-order valence-electron chi connectivity index (χ0n) is 15.6. The lowest BCUT2D eigenvalue weighted by atomic mass is 9.85. The molecule has 3 N–H and O–H groups in total. The number of nitrogens with two attached hydrogens (primary N) is 1. The number of aromatic nitrogens is 3. The fourth-order valence-corrected chi connectivity index (χ4v) is 4.11. The summed E-state index contributed by atoms with van der Waals surface area (Å²) in [6.07, 6.45) is -0.849. The van der Waals surface area contributed by atoms with Crippen LogP contribution >= 0.6 is 0 Å². The van der Waals surface area contributed by atoms with Crippen LogP contribution in [0.25, 0.3) is 27.4 Å². The van der Waals surface area contributed by atoms with E-state index in [1.54, 1.807) is 10.7 Å². The lowest BCUT2D eigenvalue weighted by Gasteiger charge is -2.23. The van der Waals surface area contributed by atoms with Crippen molar-refractivity contribution >= 4 is 33.6 Å². The first-order chi connectivity index (χ1) is 13.2. The van der Waals surface area contributed by atoms with E-state index >= 15 is 0 Å². The molecule has 1 aromatic carbocycles. The van der Waals surface area contributed by atoms with Crippen molar-refractivity contribution < 1.29 is 13.2 Å². The van der Waals surface area contributed by atoms with Gasteiger partial charge in [-0.25, -0.2) is 4.98 Å². The van der Waals surface area contributed by atoms with Gasteiger partial charge in [-0.3, -0.25) is 4.68 Å². The van der Waals surface area contributed by atoms with Crippen molar-refractivity contribution in [2.45, 2.75) is 38.8 Å². The molecule has 1 aliphatic carbocycles. The normalized spacial score (nSPS) is 15.6. The van der Waals surface area contributed by atoms with Gasteiger partial charge in [0.15, 0.2) is 0 Å². The summed E-state index contributed by atoms with van der Waals surface area (Å²) >= 11 is 0. The van der Waals surface area contributed by atoms with Gasteiger partial charge in [0, 0.05) is 35.3 Å². The number of pyridine rings is 1. The lowest BCUT2D eigenvalue weighted by Crippen LogP contribution is -2.23. The summed E-state index contributed by atoms with van der Waals surface area (Å²) in [6, 6.07) is 3.62. The van der Waals surface area contributed by atoms with Crippen LogP contribution in [-0.2, 0) is 19.9 Å². The smallest absolute Gasteiger partial charge is 0.394 e. The Morgan fingerprint density at radius 2 is 1.79 bits per heavy atom. The van der Waals surface area contributed by atoms with Crippen LogP contribution in [0.15, 0.2) is 17.8 Å². The summed E-state index contributed by atoms with van der Waals surface area (Å²) in [5, 5.41) is 14.0. The van der Waals surface area contributed by atoms with Crippen molar-refractivity contribution in [2.24, 2.45) is 12.8 Å². The standard InChI is InChI=1S/C20H20F3N5/c1-10-16-15(27-28(10)2)8-7-14-17(16)11-5-3-4-6-12(11)18(26-14)13(9-24)19(25)20(21,22)23/h7-9,24H,3-6,25H2,1-2H3. The number of aryl methyl sites for hydroxylation is 3. The highest BCUT2D eigenvalue weighted by Gasteiger charge is 2.35. The molecule has 1 aliphatic rings. The molecule has 4 rings (SSSR count). The molecule has 0 bridgehead atoms. The molecule has 0 saturated heterocycles. The quantitative estimate of drug-likeness (QED) is 0.647. The summed E-state index contributed by atoms with van der Waals surface area (Å²) in [7, 11) is 1.87. The SMILES string of the molecule is Cc1c2c(ccc3nc(C(C=N)=C(N)C(F)(F)F)c4c(c32)CCCC4)nn1C. The summed E-state index contributed by atoms with van der Waals surface area (Å²) < 4.78 is 41.6. The van der Waals surface area contributed by atoms with Gasteiger partial charge in [-0.1, -0.05) is 0 Å². The molecule has 5 nitrogen and oxygen atoms in total. The van der Waals surface area contributed by atoms with Crippen LogP contribution in [0.4, 0.5) is 13.2 Å². The number of nitrogens with zero attached hydrogens (tertiary/aromatic N) is 3. The van der Waals surface area contributed by atoms with E-state index in [2.05, 4.69) is 10.1 Å². The minimum absolute atomic E-state index is 0.174. The average molecular weight is 387 g/mol. The molecule has 2 aromatic heterocycles. The van der Waals surface area contributed by atoms with Gasteiger partial charge in [0.25, 0.3) is 0 Å². The van der Waals surface area contributed by atoms with Gasteiger partial charge in [-0.15, -0.1) is 0 Å². The summed E-state index contributed by atoms with van der Waals surface area (Å²) in [4.78, 5) is 4.57.